The Morgan fingerprint density at radius 2 is 2.32 bits per heavy atom. The molecule has 104 valence electrons. The van der Waals surface area contributed by atoms with Crippen LogP contribution >= 0.6 is 0 Å². The van der Waals surface area contributed by atoms with Gasteiger partial charge >= 0.3 is 0 Å². The van der Waals surface area contributed by atoms with Crippen molar-refractivity contribution < 1.29 is 0 Å². The first-order valence-corrected chi connectivity index (χ1v) is 7.17. The van der Waals surface area contributed by atoms with Crippen LogP contribution in [0.15, 0.2) is 6.07 Å². The van der Waals surface area contributed by atoms with Crippen LogP contribution in [0.5, 0.6) is 0 Å². The van der Waals surface area contributed by atoms with Crippen molar-refractivity contribution in [2.45, 2.75) is 39.3 Å². The predicted octanol–water partition coefficient (Wildman–Crippen LogP) is 1.78. The van der Waals surface area contributed by atoms with E-state index in [1.54, 1.807) is 0 Å². The minimum atomic E-state index is 0.685. The average Bonchev–Trinajstić information content (AvgIpc) is 2.98. The summed E-state index contributed by atoms with van der Waals surface area (Å²) in [6.07, 6.45) is 2.63. The van der Waals surface area contributed by atoms with Crippen molar-refractivity contribution in [2.24, 2.45) is 7.05 Å². The lowest BCUT2D eigenvalue weighted by molar-refractivity contribution is 0.260. The fourth-order valence-corrected chi connectivity index (χ4v) is 2.96. The summed E-state index contributed by atoms with van der Waals surface area (Å²) in [5.41, 5.74) is 3.16. The summed E-state index contributed by atoms with van der Waals surface area (Å²) < 4.78 is 1.96. The highest BCUT2D eigenvalue weighted by molar-refractivity contribution is 5.34. The largest absolute Gasteiger partial charge is 0.340 e. The Kier molecular flexibility index (Phi) is 4.62. The van der Waals surface area contributed by atoms with Crippen LogP contribution in [0.4, 0.5) is 0 Å². The van der Waals surface area contributed by atoms with E-state index in [4.69, 9.17) is 5.26 Å². The van der Waals surface area contributed by atoms with Crippen molar-refractivity contribution >= 4 is 0 Å². The van der Waals surface area contributed by atoms with Gasteiger partial charge in [-0.3, -0.25) is 4.90 Å². The second-order valence-electron chi connectivity index (χ2n) is 5.37. The molecule has 0 aromatic carbocycles. The molecule has 19 heavy (non-hydrogen) atoms. The number of rotatable bonds is 5. The summed E-state index contributed by atoms with van der Waals surface area (Å²) in [6.45, 7) is 8.60. The monoisotopic (exact) mass is 260 g/mol. The van der Waals surface area contributed by atoms with E-state index < -0.39 is 0 Å². The standard InChI is InChI=1S/C15H24N4/c1-4-19-7-5-6-14(19)11-17-10-13-8-15(9-16)18(3)12(13)2/h8,14,17H,4-7,10-11H2,1-3H3/t14-/m1/s1. The lowest BCUT2D eigenvalue weighted by atomic mass is 10.2. The summed E-state index contributed by atoms with van der Waals surface area (Å²) in [4.78, 5) is 2.55. The lowest BCUT2D eigenvalue weighted by Crippen LogP contribution is -2.37. The van der Waals surface area contributed by atoms with Crippen molar-refractivity contribution in [2.75, 3.05) is 19.6 Å². The van der Waals surface area contributed by atoms with Crippen molar-refractivity contribution in [3.05, 3.63) is 23.0 Å². The number of hydrogen-bond donors (Lipinski definition) is 1. The lowest BCUT2D eigenvalue weighted by Gasteiger charge is -2.23. The maximum atomic E-state index is 9.02. The number of likely N-dealkylation sites (N-methyl/N-ethyl adjacent to an activating group) is 1. The van der Waals surface area contributed by atoms with Crippen LogP contribution in [0, 0.1) is 18.3 Å². The fourth-order valence-electron chi connectivity index (χ4n) is 2.96. The summed E-state index contributed by atoms with van der Waals surface area (Å²) in [5.74, 6) is 0. The molecule has 0 saturated carbocycles. The van der Waals surface area contributed by atoms with Gasteiger partial charge in [0.1, 0.15) is 11.8 Å². The van der Waals surface area contributed by atoms with Crippen molar-refractivity contribution in [3.63, 3.8) is 0 Å². The predicted molar refractivity (Wildman–Crippen MR) is 76.8 cm³/mol. The van der Waals surface area contributed by atoms with E-state index >= 15 is 0 Å². The third kappa shape index (κ3) is 2.99. The molecule has 0 bridgehead atoms. The maximum Gasteiger partial charge on any atom is 0.120 e. The Morgan fingerprint density at radius 3 is 2.95 bits per heavy atom. The van der Waals surface area contributed by atoms with Crippen LogP contribution in [0.3, 0.4) is 0 Å². The molecule has 0 radical (unpaired) electrons. The second-order valence-corrected chi connectivity index (χ2v) is 5.37. The van der Waals surface area contributed by atoms with Gasteiger partial charge in [-0.15, -0.1) is 0 Å². The van der Waals surface area contributed by atoms with Crippen LogP contribution in [0.1, 0.15) is 36.7 Å². The van der Waals surface area contributed by atoms with Gasteiger partial charge < -0.3 is 9.88 Å². The molecule has 1 fully saturated rings. The van der Waals surface area contributed by atoms with Crippen LogP contribution in [0.2, 0.25) is 0 Å². The molecule has 2 rings (SSSR count). The van der Waals surface area contributed by atoms with Crippen molar-refractivity contribution in [1.82, 2.24) is 14.8 Å². The molecular weight excluding hydrogens is 236 g/mol. The molecule has 0 amide bonds. The van der Waals surface area contributed by atoms with Crippen molar-refractivity contribution in [3.8, 4) is 6.07 Å². The van der Waals surface area contributed by atoms with Gasteiger partial charge in [-0.2, -0.15) is 5.26 Å². The van der Waals surface area contributed by atoms with Gasteiger partial charge in [0.2, 0.25) is 0 Å². The van der Waals surface area contributed by atoms with Crippen LogP contribution in [-0.2, 0) is 13.6 Å². The van der Waals surface area contributed by atoms with E-state index in [2.05, 4.69) is 30.1 Å². The number of aromatic nitrogens is 1. The molecule has 1 aromatic heterocycles. The Balaban J connectivity index is 1.88. The molecule has 0 spiro atoms. The van der Waals surface area contributed by atoms with E-state index in [1.807, 2.05) is 17.7 Å². The van der Waals surface area contributed by atoms with E-state index in [9.17, 15) is 0 Å². The highest BCUT2D eigenvalue weighted by Gasteiger charge is 2.22. The number of nitriles is 1. The quantitative estimate of drug-likeness (QED) is 0.877. The Morgan fingerprint density at radius 1 is 1.53 bits per heavy atom. The van der Waals surface area contributed by atoms with Gasteiger partial charge in [0.25, 0.3) is 0 Å². The molecule has 1 saturated heterocycles. The van der Waals surface area contributed by atoms with Gasteiger partial charge in [0.15, 0.2) is 0 Å². The second kappa shape index (κ2) is 6.23. The number of nitrogens with zero attached hydrogens (tertiary/aromatic N) is 3. The Hall–Kier alpha value is -1.31. The molecule has 4 nitrogen and oxygen atoms in total. The summed E-state index contributed by atoms with van der Waals surface area (Å²) >= 11 is 0. The molecule has 1 aliphatic rings. The highest BCUT2D eigenvalue weighted by atomic mass is 15.2. The van der Waals surface area contributed by atoms with Crippen LogP contribution < -0.4 is 5.32 Å². The number of hydrogen-bond acceptors (Lipinski definition) is 3. The van der Waals surface area contributed by atoms with E-state index in [1.165, 1.54) is 30.6 Å². The van der Waals surface area contributed by atoms with Gasteiger partial charge in [-0.1, -0.05) is 6.92 Å². The Bertz CT molecular complexity index is 469. The zero-order valence-electron chi connectivity index (χ0n) is 12.2. The molecule has 1 aromatic rings. The molecular formula is C15H24N4. The zero-order chi connectivity index (χ0) is 13.8. The minimum absolute atomic E-state index is 0.685. The summed E-state index contributed by atoms with van der Waals surface area (Å²) in [5, 5.41) is 12.6. The fraction of sp³-hybridized carbons (Fsp3) is 0.667. The third-order valence-electron chi connectivity index (χ3n) is 4.36. The van der Waals surface area contributed by atoms with Gasteiger partial charge in [0, 0.05) is 31.9 Å². The maximum absolute atomic E-state index is 9.02. The SMILES string of the molecule is CCN1CCC[C@@H]1CNCc1cc(C#N)n(C)c1C. The average molecular weight is 260 g/mol. The first-order chi connectivity index (χ1) is 9.17. The zero-order valence-corrected chi connectivity index (χ0v) is 12.2. The Labute approximate surface area is 116 Å². The van der Waals surface area contributed by atoms with Gasteiger partial charge in [-0.25, -0.2) is 0 Å². The number of nitrogens with one attached hydrogen (secondary N) is 1. The molecule has 2 heterocycles. The minimum Gasteiger partial charge on any atom is -0.340 e. The van der Waals surface area contributed by atoms with Crippen molar-refractivity contribution in [1.29, 1.82) is 5.26 Å². The topological polar surface area (TPSA) is 44.0 Å². The third-order valence-corrected chi connectivity index (χ3v) is 4.36. The molecule has 0 aliphatic carbocycles. The van der Waals surface area contributed by atoms with E-state index in [-0.39, 0.29) is 0 Å². The first-order valence-electron chi connectivity index (χ1n) is 7.17. The van der Waals surface area contributed by atoms with Crippen LogP contribution in [-0.4, -0.2) is 35.1 Å². The summed E-state index contributed by atoms with van der Waals surface area (Å²) in [6, 6.07) is 4.91. The normalized spacial score (nSPS) is 19.8. The van der Waals surface area contributed by atoms with E-state index in [0.29, 0.717) is 6.04 Å². The molecule has 1 aliphatic heterocycles. The first kappa shape index (κ1) is 14.1. The van der Waals surface area contributed by atoms with Gasteiger partial charge in [-0.05, 0) is 44.5 Å². The number of likely N-dealkylation sites (tertiary alicyclic amines) is 1. The molecule has 0 unspecified atom stereocenters. The molecule has 1 atom stereocenters. The highest BCUT2D eigenvalue weighted by Crippen LogP contribution is 2.16. The molecule has 4 heteroatoms. The smallest absolute Gasteiger partial charge is 0.120 e. The van der Waals surface area contributed by atoms with Gasteiger partial charge in [0.05, 0.1) is 0 Å². The summed E-state index contributed by atoms with van der Waals surface area (Å²) in [7, 11) is 1.95. The van der Waals surface area contributed by atoms with Crippen LogP contribution in [0.25, 0.3) is 0 Å². The molecule has 1 N–H and O–H groups in total. The van der Waals surface area contributed by atoms with E-state index in [0.717, 1.165) is 25.3 Å².